The third-order valence-corrected chi connectivity index (χ3v) is 7.26. The molecule has 1 saturated carbocycles. The van der Waals surface area contributed by atoms with Crippen molar-refractivity contribution in [1.29, 1.82) is 0 Å². The molecule has 0 atom stereocenters. The molecule has 3 nitrogen and oxygen atoms in total. The molecule has 0 amide bonds. The van der Waals surface area contributed by atoms with Gasteiger partial charge in [-0.3, -0.25) is 0 Å². The summed E-state index contributed by atoms with van der Waals surface area (Å²) in [6.07, 6.45) is 8.58. The number of H-pyrrole nitrogens is 1. The zero-order valence-electron chi connectivity index (χ0n) is 17.8. The van der Waals surface area contributed by atoms with Gasteiger partial charge < -0.3 is 15.0 Å². The minimum atomic E-state index is -0.267. The Morgan fingerprint density at radius 2 is 1.87 bits per heavy atom. The molecule has 1 aliphatic heterocycles. The van der Waals surface area contributed by atoms with Gasteiger partial charge in [0.15, 0.2) is 0 Å². The molecule has 3 aromatic rings. The third-order valence-electron chi connectivity index (χ3n) is 7.26. The molecule has 158 valence electrons. The highest BCUT2D eigenvalue weighted by Gasteiger charge is 2.47. The number of aromatic nitrogens is 1. The van der Waals surface area contributed by atoms with Crippen molar-refractivity contribution in [1.82, 2.24) is 4.98 Å². The number of anilines is 1. The molecule has 2 aliphatic rings. The predicted octanol–water partition coefficient (Wildman–Crippen LogP) is 6.69. The van der Waals surface area contributed by atoms with Crippen molar-refractivity contribution in [2.75, 3.05) is 11.9 Å². The molecule has 5 rings (SSSR count). The molecule has 0 saturated heterocycles. The summed E-state index contributed by atoms with van der Waals surface area (Å²) in [7, 11) is 0. The number of nitrogens with one attached hydrogen (secondary N) is 2. The summed E-state index contributed by atoms with van der Waals surface area (Å²) in [6.45, 7) is 2.98. The molecule has 1 spiro atoms. The highest BCUT2D eigenvalue weighted by molar-refractivity contribution is 5.85. The maximum Gasteiger partial charge on any atom is 0.123 e. The molecular weight excluding hydrogens is 375 g/mol. The SMILES string of the molecule is CCCCC1(Nc2ccccc2)CCC2(CC1)OCCc1c2[nH]c2ccc(F)cc12. The molecule has 1 aliphatic carbocycles. The summed E-state index contributed by atoms with van der Waals surface area (Å²) in [4.78, 5) is 3.61. The summed E-state index contributed by atoms with van der Waals surface area (Å²) >= 11 is 0. The number of rotatable bonds is 5. The molecule has 2 heterocycles. The smallest absolute Gasteiger partial charge is 0.123 e. The summed E-state index contributed by atoms with van der Waals surface area (Å²) in [6, 6.07) is 15.7. The van der Waals surface area contributed by atoms with Crippen LogP contribution in [0.5, 0.6) is 0 Å². The van der Waals surface area contributed by atoms with Crippen LogP contribution >= 0.6 is 0 Å². The average Bonchev–Trinajstić information content (AvgIpc) is 3.15. The number of unbranched alkanes of at least 4 members (excludes halogenated alkanes) is 1. The van der Waals surface area contributed by atoms with E-state index in [-0.39, 0.29) is 17.0 Å². The highest BCUT2D eigenvalue weighted by Crippen LogP contribution is 2.50. The van der Waals surface area contributed by atoms with E-state index < -0.39 is 0 Å². The summed E-state index contributed by atoms with van der Waals surface area (Å²) in [5.41, 5.74) is 4.53. The van der Waals surface area contributed by atoms with Crippen molar-refractivity contribution in [3.05, 3.63) is 65.6 Å². The van der Waals surface area contributed by atoms with Crippen LogP contribution < -0.4 is 5.32 Å². The van der Waals surface area contributed by atoms with Crippen LogP contribution in [0.2, 0.25) is 0 Å². The maximum absolute atomic E-state index is 13.9. The standard InChI is InChI=1S/C26H31FN2O/c1-2-3-12-25(29-20-7-5-4-6-8-20)13-15-26(16-14-25)24-21(11-17-30-26)22-18-19(27)9-10-23(22)28-24/h4-10,18,28-29H,2-3,11-17H2,1H3. The van der Waals surface area contributed by atoms with Gasteiger partial charge in [0, 0.05) is 22.1 Å². The second-order valence-electron chi connectivity index (χ2n) is 9.14. The van der Waals surface area contributed by atoms with Crippen molar-refractivity contribution in [3.8, 4) is 0 Å². The van der Waals surface area contributed by atoms with Crippen LogP contribution in [0.15, 0.2) is 48.5 Å². The first-order chi connectivity index (χ1) is 14.6. The van der Waals surface area contributed by atoms with E-state index in [0.717, 1.165) is 43.0 Å². The van der Waals surface area contributed by atoms with Crippen molar-refractivity contribution in [3.63, 3.8) is 0 Å². The second-order valence-corrected chi connectivity index (χ2v) is 9.14. The van der Waals surface area contributed by atoms with E-state index >= 15 is 0 Å². The van der Waals surface area contributed by atoms with Crippen LogP contribution in [0, 0.1) is 5.82 Å². The number of halogens is 1. The van der Waals surface area contributed by atoms with Gasteiger partial charge in [0.2, 0.25) is 0 Å². The van der Waals surface area contributed by atoms with E-state index in [2.05, 4.69) is 47.6 Å². The van der Waals surface area contributed by atoms with E-state index in [0.29, 0.717) is 6.61 Å². The first-order valence-electron chi connectivity index (χ1n) is 11.4. The molecule has 0 unspecified atom stereocenters. The Morgan fingerprint density at radius 3 is 2.63 bits per heavy atom. The van der Waals surface area contributed by atoms with E-state index in [9.17, 15) is 4.39 Å². The molecule has 1 aromatic heterocycles. The Labute approximate surface area is 178 Å². The van der Waals surface area contributed by atoms with Gasteiger partial charge in [-0.25, -0.2) is 4.39 Å². The molecule has 2 aromatic carbocycles. The zero-order chi connectivity index (χ0) is 20.6. The lowest BCUT2D eigenvalue weighted by molar-refractivity contribution is -0.0966. The fourth-order valence-electron chi connectivity index (χ4n) is 5.60. The molecule has 2 N–H and O–H groups in total. The monoisotopic (exact) mass is 406 g/mol. The van der Waals surface area contributed by atoms with Crippen LogP contribution in [0.3, 0.4) is 0 Å². The lowest BCUT2D eigenvalue weighted by atomic mass is 9.69. The van der Waals surface area contributed by atoms with E-state index in [1.165, 1.54) is 42.3 Å². The van der Waals surface area contributed by atoms with Crippen LogP contribution in [0.1, 0.15) is 63.1 Å². The normalized spacial score (nSPS) is 26.1. The predicted molar refractivity (Wildman–Crippen MR) is 120 cm³/mol. The van der Waals surface area contributed by atoms with Crippen LogP contribution in [0.25, 0.3) is 10.9 Å². The lowest BCUT2D eigenvalue weighted by Crippen LogP contribution is -2.49. The molecule has 1 fully saturated rings. The first-order valence-corrected chi connectivity index (χ1v) is 11.4. The topological polar surface area (TPSA) is 37.0 Å². The van der Waals surface area contributed by atoms with Gasteiger partial charge in [-0.05, 0) is 74.4 Å². The summed E-state index contributed by atoms with van der Waals surface area (Å²) in [5, 5.41) is 4.92. The molecule has 0 bridgehead atoms. The first kappa shape index (κ1) is 19.6. The highest BCUT2D eigenvalue weighted by atomic mass is 19.1. The van der Waals surface area contributed by atoms with Gasteiger partial charge >= 0.3 is 0 Å². The number of hydrogen-bond donors (Lipinski definition) is 2. The Hall–Kier alpha value is -2.33. The summed E-state index contributed by atoms with van der Waals surface area (Å²) in [5.74, 6) is -0.167. The van der Waals surface area contributed by atoms with Crippen molar-refractivity contribution < 1.29 is 9.13 Å². The second kappa shape index (κ2) is 7.73. The zero-order valence-corrected chi connectivity index (χ0v) is 17.8. The Bertz CT molecular complexity index is 1020. The van der Waals surface area contributed by atoms with Crippen molar-refractivity contribution in [2.45, 2.75) is 69.4 Å². The van der Waals surface area contributed by atoms with Crippen LogP contribution in [-0.4, -0.2) is 17.1 Å². The molecule has 4 heteroatoms. The van der Waals surface area contributed by atoms with Crippen molar-refractivity contribution >= 4 is 16.6 Å². The Balaban J connectivity index is 1.44. The van der Waals surface area contributed by atoms with Gasteiger partial charge in [0.05, 0.1) is 12.3 Å². The van der Waals surface area contributed by atoms with Gasteiger partial charge in [0.25, 0.3) is 0 Å². The average molecular weight is 407 g/mol. The Kier molecular flexibility index (Phi) is 5.06. The lowest BCUT2D eigenvalue weighted by Gasteiger charge is -2.48. The number of ether oxygens (including phenoxy) is 1. The van der Waals surface area contributed by atoms with E-state index in [1.54, 1.807) is 6.07 Å². The van der Waals surface area contributed by atoms with E-state index in [1.807, 2.05) is 6.07 Å². The number of aromatic amines is 1. The van der Waals surface area contributed by atoms with Crippen LogP contribution in [0.4, 0.5) is 10.1 Å². The Morgan fingerprint density at radius 1 is 1.07 bits per heavy atom. The largest absolute Gasteiger partial charge is 0.380 e. The fourth-order valence-corrected chi connectivity index (χ4v) is 5.60. The molecule has 30 heavy (non-hydrogen) atoms. The maximum atomic E-state index is 13.9. The fraction of sp³-hybridized carbons (Fsp3) is 0.462. The number of fused-ring (bicyclic) bond motifs is 4. The van der Waals surface area contributed by atoms with Gasteiger partial charge in [-0.1, -0.05) is 38.0 Å². The molecule has 0 radical (unpaired) electrons. The quantitative estimate of drug-likeness (QED) is 0.495. The molecular formula is C26H31FN2O. The summed E-state index contributed by atoms with van der Waals surface area (Å²) < 4.78 is 20.4. The van der Waals surface area contributed by atoms with Gasteiger partial charge in [0.1, 0.15) is 11.4 Å². The van der Waals surface area contributed by atoms with Gasteiger partial charge in [-0.15, -0.1) is 0 Å². The number of hydrogen-bond acceptors (Lipinski definition) is 2. The van der Waals surface area contributed by atoms with Crippen LogP contribution in [-0.2, 0) is 16.8 Å². The number of benzene rings is 2. The van der Waals surface area contributed by atoms with Crippen molar-refractivity contribution in [2.24, 2.45) is 0 Å². The van der Waals surface area contributed by atoms with E-state index in [4.69, 9.17) is 4.74 Å². The minimum Gasteiger partial charge on any atom is -0.380 e. The van der Waals surface area contributed by atoms with Gasteiger partial charge in [-0.2, -0.15) is 0 Å². The third kappa shape index (κ3) is 3.41. The minimum absolute atomic E-state index is 0.113. The number of para-hydroxylation sites is 1.